The molecule has 0 saturated carbocycles. The third-order valence-corrected chi connectivity index (χ3v) is 7.56. The second kappa shape index (κ2) is 9.79. The Morgan fingerprint density at radius 1 is 1.24 bits per heavy atom. The molecule has 2 aromatic carbocycles. The number of rotatable bonds is 6. The van der Waals surface area contributed by atoms with Gasteiger partial charge in [0.05, 0.1) is 53.9 Å². The smallest absolute Gasteiger partial charge is 0.409 e. The van der Waals surface area contributed by atoms with Gasteiger partial charge in [-0.1, -0.05) is 35.9 Å². The van der Waals surface area contributed by atoms with E-state index in [1.165, 1.54) is 7.11 Å². The standard InChI is InChI=1S/C28H30ClN5O4/c1-17(14-33-15-21(29)13-30-33)34-23-9-8-18-10-11-32(27(37)38-4)16-22(18)24(23)31-25(34)19-6-5-7-20(12-19)28(2,3)26(35)36/h5-9,12-13,15,17H,10-11,14,16H2,1-4H3,(H,35,36)/t17-/m0/s1. The zero-order chi connectivity index (χ0) is 27.2. The Kier molecular flexibility index (Phi) is 6.65. The van der Waals surface area contributed by atoms with Crippen LogP contribution in [0.1, 0.15) is 43.5 Å². The van der Waals surface area contributed by atoms with Crippen LogP contribution in [0.3, 0.4) is 0 Å². The molecule has 0 bridgehead atoms. The van der Waals surface area contributed by atoms with E-state index in [1.807, 2.05) is 24.3 Å². The van der Waals surface area contributed by atoms with Crippen LogP contribution in [0, 0.1) is 0 Å². The monoisotopic (exact) mass is 535 g/mol. The lowest BCUT2D eigenvalue weighted by Crippen LogP contribution is -2.35. The van der Waals surface area contributed by atoms with E-state index in [0.29, 0.717) is 36.6 Å². The molecular weight excluding hydrogens is 506 g/mol. The number of hydrogen-bond donors (Lipinski definition) is 1. The molecule has 1 aliphatic rings. The molecule has 0 spiro atoms. The number of imidazole rings is 1. The number of ether oxygens (including phenoxy) is 1. The van der Waals surface area contributed by atoms with Gasteiger partial charge in [0.15, 0.2) is 0 Å². The highest BCUT2D eigenvalue weighted by Gasteiger charge is 2.31. The molecule has 0 saturated heterocycles. The van der Waals surface area contributed by atoms with Gasteiger partial charge in [0, 0.05) is 23.9 Å². The fraction of sp³-hybridized carbons (Fsp3) is 0.357. The summed E-state index contributed by atoms with van der Waals surface area (Å²) in [5.74, 6) is -0.179. The average Bonchev–Trinajstić information content (AvgIpc) is 3.51. The lowest BCUT2D eigenvalue weighted by molar-refractivity contribution is -0.142. The molecule has 0 aliphatic carbocycles. The number of benzene rings is 2. The molecule has 0 unspecified atom stereocenters. The quantitative estimate of drug-likeness (QED) is 0.359. The van der Waals surface area contributed by atoms with E-state index in [0.717, 1.165) is 33.5 Å². The molecule has 3 heterocycles. The molecule has 0 radical (unpaired) electrons. The van der Waals surface area contributed by atoms with E-state index in [9.17, 15) is 14.7 Å². The number of methoxy groups -OCH3 is 1. The van der Waals surface area contributed by atoms with Gasteiger partial charge in [-0.3, -0.25) is 9.48 Å². The van der Waals surface area contributed by atoms with Gasteiger partial charge in [-0.05, 0) is 50.5 Å². The Hall–Kier alpha value is -3.85. The van der Waals surface area contributed by atoms with Crippen molar-refractivity contribution < 1.29 is 19.4 Å². The van der Waals surface area contributed by atoms with Crippen LogP contribution in [0.5, 0.6) is 0 Å². The summed E-state index contributed by atoms with van der Waals surface area (Å²) < 4.78 is 8.94. The summed E-state index contributed by atoms with van der Waals surface area (Å²) >= 11 is 6.11. The van der Waals surface area contributed by atoms with Gasteiger partial charge in [0.2, 0.25) is 0 Å². The first-order chi connectivity index (χ1) is 18.1. The second-order valence-corrected chi connectivity index (χ2v) is 10.7. The fourth-order valence-electron chi connectivity index (χ4n) is 5.09. The van der Waals surface area contributed by atoms with Crippen LogP contribution in [0.15, 0.2) is 48.8 Å². The molecule has 1 N–H and O–H groups in total. The number of halogens is 1. The summed E-state index contributed by atoms with van der Waals surface area (Å²) in [6.45, 7) is 7.02. The summed E-state index contributed by atoms with van der Waals surface area (Å²) in [6, 6.07) is 11.7. The highest BCUT2D eigenvalue weighted by atomic mass is 35.5. The highest BCUT2D eigenvalue weighted by molar-refractivity contribution is 6.30. The highest BCUT2D eigenvalue weighted by Crippen LogP contribution is 2.36. The van der Waals surface area contributed by atoms with Gasteiger partial charge in [0.25, 0.3) is 0 Å². The number of nitrogens with zero attached hydrogens (tertiary/aromatic N) is 5. The second-order valence-electron chi connectivity index (χ2n) is 10.3. The minimum atomic E-state index is -1.07. The molecule has 1 amide bonds. The number of carbonyl (C=O) groups excluding carboxylic acids is 1. The number of fused-ring (bicyclic) bond motifs is 3. The lowest BCUT2D eigenvalue weighted by Gasteiger charge is -2.28. The first kappa shape index (κ1) is 25.8. The third-order valence-electron chi connectivity index (χ3n) is 7.37. The minimum Gasteiger partial charge on any atom is -0.481 e. The molecule has 1 atom stereocenters. The van der Waals surface area contributed by atoms with Crippen molar-refractivity contribution in [2.45, 2.75) is 51.7 Å². The molecular formula is C28H30ClN5O4. The number of aromatic nitrogens is 4. The Balaban J connectivity index is 1.69. The van der Waals surface area contributed by atoms with E-state index >= 15 is 0 Å². The van der Waals surface area contributed by atoms with Crippen molar-refractivity contribution in [1.82, 2.24) is 24.2 Å². The molecule has 0 fully saturated rings. The number of carboxylic acids is 1. The topological polar surface area (TPSA) is 102 Å². The zero-order valence-electron chi connectivity index (χ0n) is 21.8. The van der Waals surface area contributed by atoms with Crippen molar-refractivity contribution in [1.29, 1.82) is 0 Å². The summed E-state index contributed by atoms with van der Waals surface area (Å²) in [7, 11) is 1.39. The number of carboxylic acid groups (broad SMARTS) is 1. The SMILES string of the molecule is COC(=O)N1CCc2ccc3c(nc(-c4cccc(C(C)(C)C(=O)O)c4)n3[C@@H](C)Cn3cc(Cl)cn3)c2C1. The maximum Gasteiger partial charge on any atom is 0.409 e. The van der Waals surface area contributed by atoms with Gasteiger partial charge in [-0.15, -0.1) is 0 Å². The van der Waals surface area contributed by atoms with E-state index in [-0.39, 0.29) is 12.1 Å². The van der Waals surface area contributed by atoms with E-state index in [1.54, 1.807) is 35.8 Å². The van der Waals surface area contributed by atoms with Crippen LogP contribution in [0.2, 0.25) is 5.02 Å². The van der Waals surface area contributed by atoms with Crippen molar-refractivity contribution in [3.05, 3.63) is 70.5 Å². The largest absolute Gasteiger partial charge is 0.481 e. The normalized spacial score (nSPS) is 14.4. The fourth-order valence-corrected chi connectivity index (χ4v) is 5.25. The summed E-state index contributed by atoms with van der Waals surface area (Å²) in [5.41, 5.74) is 4.33. The zero-order valence-corrected chi connectivity index (χ0v) is 22.6. The van der Waals surface area contributed by atoms with Crippen LogP contribution in [0.4, 0.5) is 4.79 Å². The van der Waals surface area contributed by atoms with Crippen molar-refractivity contribution in [2.24, 2.45) is 0 Å². The molecule has 9 nitrogen and oxygen atoms in total. The van der Waals surface area contributed by atoms with Crippen molar-refractivity contribution >= 4 is 34.7 Å². The Morgan fingerprint density at radius 2 is 2.03 bits per heavy atom. The maximum atomic E-state index is 12.3. The van der Waals surface area contributed by atoms with Gasteiger partial charge >= 0.3 is 12.1 Å². The van der Waals surface area contributed by atoms with Gasteiger partial charge < -0.3 is 19.3 Å². The number of amides is 1. The van der Waals surface area contributed by atoms with E-state index in [2.05, 4.69) is 28.7 Å². The summed E-state index contributed by atoms with van der Waals surface area (Å²) in [5, 5.41) is 14.7. The van der Waals surface area contributed by atoms with E-state index < -0.39 is 11.4 Å². The Morgan fingerprint density at radius 3 is 2.71 bits per heavy atom. The molecule has 10 heteroatoms. The Bertz CT molecular complexity index is 1540. The van der Waals surface area contributed by atoms with Crippen molar-refractivity contribution in [3.8, 4) is 11.4 Å². The number of aliphatic carboxylic acids is 1. The van der Waals surface area contributed by atoms with Crippen LogP contribution in [-0.4, -0.2) is 55.1 Å². The van der Waals surface area contributed by atoms with Crippen LogP contribution >= 0.6 is 11.6 Å². The van der Waals surface area contributed by atoms with Gasteiger partial charge in [-0.25, -0.2) is 9.78 Å². The lowest BCUT2D eigenvalue weighted by atomic mass is 9.84. The van der Waals surface area contributed by atoms with Crippen molar-refractivity contribution in [3.63, 3.8) is 0 Å². The molecule has 5 rings (SSSR count). The maximum absolute atomic E-state index is 12.3. The molecule has 38 heavy (non-hydrogen) atoms. The minimum absolute atomic E-state index is 0.0690. The van der Waals surface area contributed by atoms with Crippen LogP contribution < -0.4 is 0 Å². The summed E-state index contributed by atoms with van der Waals surface area (Å²) in [6.07, 6.45) is 3.74. The molecule has 198 valence electrons. The molecule has 1 aliphatic heterocycles. The third kappa shape index (κ3) is 4.51. The first-order valence-corrected chi connectivity index (χ1v) is 12.9. The summed E-state index contributed by atoms with van der Waals surface area (Å²) in [4.78, 5) is 31.1. The average molecular weight is 536 g/mol. The number of carbonyl (C=O) groups is 2. The number of hydrogen-bond acceptors (Lipinski definition) is 5. The van der Waals surface area contributed by atoms with Crippen LogP contribution in [-0.2, 0) is 34.5 Å². The first-order valence-electron chi connectivity index (χ1n) is 12.5. The predicted octanol–water partition coefficient (Wildman–Crippen LogP) is 5.30. The van der Waals surface area contributed by atoms with E-state index in [4.69, 9.17) is 21.3 Å². The predicted molar refractivity (Wildman–Crippen MR) is 144 cm³/mol. The molecule has 4 aromatic rings. The molecule has 2 aromatic heterocycles. The van der Waals surface area contributed by atoms with Crippen molar-refractivity contribution in [2.75, 3.05) is 13.7 Å². The van der Waals surface area contributed by atoms with Gasteiger partial charge in [-0.2, -0.15) is 5.10 Å². The van der Waals surface area contributed by atoms with Crippen LogP contribution in [0.25, 0.3) is 22.4 Å². The Labute approximate surface area is 225 Å². The van der Waals surface area contributed by atoms with Gasteiger partial charge in [0.1, 0.15) is 5.82 Å².